The van der Waals surface area contributed by atoms with Crippen molar-refractivity contribution in [3.8, 4) is 0 Å². The van der Waals surface area contributed by atoms with Crippen molar-refractivity contribution < 1.29 is 4.79 Å². The summed E-state index contributed by atoms with van der Waals surface area (Å²) in [5.41, 5.74) is 0.516. The first kappa shape index (κ1) is 10.8. The molecule has 3 heteroatoms. The van der Waals surface area contributed by atoms with Gasteiger partial charge in [-0.2, -0.15) is 0 Å². The topological polar surface area (TPSA) is 41.1 Å². The highest BCUT2D eigenvalue weighted by Gasteiger charge is 2.53. The zero-order valence-corrected chi connectivity index (χ0v) is 9.64. The van der Waals surface area contributed by atoms with Gasteiger partial charge in [0, 0.05) is 13.1 Å². The summed E-state index contributed by atoms with van der Waals surface area (Å²) in [5, 5.41) is 5.91. The lowest BCUT2D eigenvalue weighted by atomic mass is 10.0. The molecule has 2 fully saturated rings. The van der Waals surface area contributed by atoms with Gasteiger partial charge in [0.05, 0.1) is 0 Å². The smallest absolute Gasteiger partial charge is 0.314 e. The number of rotatable bonds is 6. The summed E-state index contributed by atoms with van der Waals surface area (Å²) in [4.78, 5) is 11.4. The highest BCUT2D eigenvalue weighted by atomic mass is 16.2. The average Bonchev–Trinajstić information content (AvgIpc) is 3.06. The molecule has 0 atom stereocenters. The molecular formula is C12H22N2O. The van der Waals surface area contributed by atoms with Crippen molar-refractivity contribution in [3.63, 3.8) is 0 Å². The van der Waals surface area contributed by atoms with E-state index in [1.165, 1.54) is 25.7 Å². The molecule has 0 heterocycles. The van der Waals surface area contributed by atoms with Gasteiger partial charge in [-0.25, -0.2) is 4.79 Å². The lowest BCUT2D eigenvalue weighted by Gasteiger charge is -2.15. The molecule has 86 valence electrons. The van der Waals surface area contributed by atoms with Gasteiger partial charge in [-0.3, -0.25) is 0 Å². The number of hydrogen-bond acceptors (Lipinski definition) is 1. The number of carbonyl (C=O) groups excluding carboxylic acids is 1. The molecule has 2 amide bonds. The normalized spacial score (nSPS) is 22.2. The van der Waals surface area contributed by atoms with Crippen LogP contribution in [0.25, 0.3) is 0 Å². The molecule has 0 aromatic heterocycles. The molecule has 0 bridgehead atoms. The molecule has 0 saturated heterocycles. The predicted molar refractivity (Wildman–Crippen MR) is 60.7 cm³/mol. The van der Waals surface area contributed by atoms with E-state index in [0.29, 0.717) is 5.41 Å². The first-order valence-electron chi connectivity index (χ1n) is 6.28. The predicted octanol–water partition coefficient (Wildman–Crippen LogP) is 2.28. The summed E-state index contributed by atoms with van der Waals surface area (Å²) in [6.45, 7) is 3.83. The van der Waals surface area contributed by atoms with Gasteiger partial charge in [-0.15, -0.1) is 0 Å². The van der Waals surface area contributed by atoms with Crippen molar-refractivity contribution in [2.75, 3.05) is 13.1 Å². The van der Waals surface area contributed by atoms with Gasteiger partial charge < -0.3 is 10.6 Å². The van der Waals surface area contributed by atoms with Crippen molar-refractivity contribution in [1.29, 1.82) is 0 Å². The number of carbonyl (C=O) groups is 1. The Labute approximate surface area is 92.0 Å². The number of unbranched alkanes of at least 4 members (excludes halogenated alkanes) is 1. The van der Waals surface area contributed by atoms with E-state index in [-0.39, 0.29) is 6.03 Å². The lowest BCUT2D eigenvalue weighted by molar-refractivity contribution is 0.237. The number of urea groups is 1. The standard InChI is InChI=1S/C12H22N2O/c1-2-3-8-13-11(15)14-9-12(6-7-12)10-4-5-10/h10H,2-9H2,1H3,(H2,13,14,15). The zero-order valence-electron chi connectivity index (χ0n) is 9.64. The Balaban J connectivity index is 1.58. The fourth-order valence-corrected chi connectivity index (χ4v) is 2.28. The Hall–Kier alpha value is -0.730. The van der Waals surface area contributed by atoms with Crippen LogP contribution in [0.2, 0.25) is 0 Å². The van der Waals surface area contributed by atoms with Crippen LogP contribution in [-0.2, 0) is 0 Å². The lowest BCUT2D eigenvalue weighted by Crippen LogP contribution is -2.39. The monoisotopic (exact) mass is 210 g/mol. The highest BCUT2D eigenvalue weighted by Crippen LogP contribution is 2.60. The largest absolute Gasteiger partial charge is 0.338 e. The van der Waals surface area contributed by atoms with Gasteiger partial charge in [0.15, 0.2) is 0 Å². The van der Waals surface area contributed by atoms with Gasteiger partial charge in [-0.1, -0.05) is 13.3 Å². The Morgan fingerprint density at radius 1 is 1.33 bits per heavy atom. The van der Waals surface area contributed by atoms with Crippen LogP contribution in [0.5, 0.6) is 0 Å². The summed E-state index contributed by atoms with van der Waals surface area (Å²) in [6, 6.07) is 0.0235. The molecule has 0 spiro atoms. The second kappa shape index (κ2) is 4.42. The van der Waals surface area contributed by atoms with E-state index < -0.39 is 0 Å². The molecule has 2 N–H and O–H groups in total. The van der Waals surface area contributed by atoms with E-state index >= 15 is 0 Å². The third-order valence-corrected chi connectivity index (χ3v) is 3.75. The van der Waals surface area contributed by atoms with E-state index in [1.807, 2.05) is 0 Å². The molecule has 3 nitrogen and oxygen atoms in total. The molecule has 15 heavy (non-hydrogen) atoms. The molecular weight excluding hydrogens is 188 g/mol. The molecule has 2 aliphatic carbocycles. The number of nitrogens with one attached hydrogen (secondary N) is 2. The van der Waals surface area contributed by atoms with Crippen LogP contribution >= 0.6 is 0 Å². The van der Waals surface area contributed by atoms with E-state index in [4.69, 9.17) is 0 Å². The molecule has 0 aromatic rings. The van der Waals surface area contributed by atoms with Crippen LogP contribution in [0, 0.1) is 11.3 Å². The summed E-state index contributed by atoms with van der Waals surface area (Å²) in [7, 11) is 0. The van der Waals surface area contributed by atoms with Crippen LogP contribution in [0.1, 0.15) is 45.4 Å². The maximum atomic E-state index is 11.4. The van der Waals surface area contributed by atoms with E-state index in [1.54, 1.807) is 0 Å². The van der Waals surface area contributed by atoms with Crippen molar-refractivity contribution in [3.05, 3.63) is 0 Å². The summed E-state index contributed by atoms with van der Waals surface area (Å²) < 4.78 is 0. The van der Waals surface area contributed by atoms with E-state index in [0.717, 1.165) is 31.8 Å². The van der Waals surface area contributed by atoms with Gasteiger partial charge in [-0.05, 0) is 43.4 Å². The second-order valence-corrected chi connectivity index (χ2v) is 5.10. The van der Waals surface area contributed by atoms with Gasteiger partial charge in [0.25, 0.3) is 0 Å². The van der Waals surface area contributed by atoms with Crippen molar-refractivity contribution in [1.82, 2.24) is 10.6 Å². The van der Waals surface area contributed by atoms with Crippen LogP contribution in [0.4, 0.5) is 4.79 Å². The van der Waals surface area contributed by atoms with Crippen molar-refractivity contribution in [2.45, 2.75) is 45.4 Å². The summed E-state index contributed by atoms with van der Waals surface area (Å²) in [5.74, 6) is 0.924. The summed E-state index contributed by atoms with van der Waals surface area (Å²) >= 11 is 0. The zero-order chi connectivity index (χ0) is 10.7. The second-order valence-electron chi connectivity index (χ2n) is 5.10. The first-order chi connectivity index (χ1) is 7.27. The highest BCUT2D eigenvalue weighted by molar-refractivity contribution is 5.73. The Kier molecular flexibility index (Phi) is 3.17. The van der Waals surface area contributed by atoms with E-state index in [9.17, 15) is 4.79 Å². The molecule has 2 saturated carbocycles. The Morgan fingerprint density at radius 3 is 2.60 bits per heavy atom. The molecule has 0 unspecified atom stereocenters. The minimum atomic E-state index is 0.0235. The fraction of sp³-hybridized carbons (Fsp3) is 0.917. The molecule has 0 aromatic carbocycles. The van der Waals surface area contributed by atoms with E-state index in [2.05, 4.69) is 17.6 Å². The molecule has 0 aliphatic heterocycles. The maximum absolute atomic E-state index is 11.4. The Bertz CT molecular complexity index is 232. The van der Waals surface area contributed by atoms with Gasteiger partial charge >= 0.3 is 6.03 Å². The molecule has 2 aliphatic rings. The Morgan fingerprint density at radius 2 is 2.07 bits per heavy atom. The third-order valence-electron chi connectivity index (χ3n) is 3.75. The van der Waals surface area contributed by atoms with Crippen molar-refractivity contribution >= 4 is 6.03 Å². The molecule has 0 radical (unpaired) electrons. The minimum Gasteiger partial charge on any atom is -0.338 e. The SMILES string of the molecule is CCCCNC(=O)NCC1(C2CC2)CC1. The third kappa shape index (κ3) is 2.86. The minimum absolute atomic E-state index is 0.0235. The van der Waals surface area contributed by atoms with Crippen LogP contribution in [0.3, 0.4) is 0 Å². The average molecular weight is 210 g/mol. The van der Waals surface area contributed by atoms with Crippen LogP contribution in [-0.4, -0.2) is 19.1 Å². The maximum Gasteiger partial charge on any atom is 0.314 e. The van der Waals surface area contributed by atoms with Gasteiger partial charge in [0.2, 0.25) is 0 Å². The quantitative estimate of drug-likeness (QED) is 0.649. The first-order valence-corrected chi connectivity index (χ1v) is 6.28. The molecule has 2 rings (SSSR count). The fourth-order valence-electron chi connectivity index (χ4n) is 2.28. The van der Waals surface area contributed by atoms with Crippen LogP contribution in [0.15, 0.2) is 0 Å². The summed E-state index contributed by atoms with van der Waals surface area (Å²) in [6.07, 6.45) is 7.63. The number of hydrogen-bond donors (Lipinski definition) is 2. The van der Waals surface area contributed by atoms with Crippen molar-refractivity contribution in [2.24, 2.45) is 11.3 Å². The number of amides is 2. The van der Waals surface area contributed by atoms with Gasteiger partial charge in [0.1, 0.15) is 0 Å². The van der Waals surface area contributed by atoms with Crippen LogP contribution < -0.4 is 10.6 Å².